The molecular weight excluding hydrogens is 335 g/mol. The van der Waals surface area contributed by atoms with Crippen molar-refractivity contribution in [3.63, 3.8) is 0 Å². The Hall–Kier alpha value is -2.96. The van der Waals surface area contributed by atoms with Gasteiger partial charge in [-0.15, -0.1) is 0 Å². The number of nitrogens with zero attached hydrogens (tertiary/aromatic N) is 1. The number of hydrogen-bond acceptors (Lipinski definition) is 2. The molecule has 0 fully saturated rings. The summed E-state index contributed by atoms with van der Waals surface area (Å²) in [6, 6.07) is 7.48. The summed E-state index contributed by atoms with van der Waals surface area (Å²) in [6.45, 7) is 1.76. The van der Waals surface area contributed by atoms with Crippen LogP contribution < -0.4 is 0 Å². The number of aromatic carboxylic acids is 1. The van der Waals surface area contributed by atoms with Gasteiger partial charge in [-0.2, -0.15) is 13.2 Å². The summed E-state index contributed by atoms with van der Waals surface area (Å²) in [5, 5.41) is 19.6. The van der Waals surface area contributed by atoms with Crippen LogP contribution in [-0.2, 0) is 13.2 Å². The molecule has 7 heteroatoms. The number of alkyl halides is 3. The van der Waals surface area contributed by atoms with Crippen LogP contribution in [0.15, 0.2) is 36.4 Å². The van der Waals surface area contributed by atoms with Crippen LogP contribution in [0.3, 0.4) is 0 Å². The van der Waals surface area contributed by atoms with Crippen LogP contribution in [0.4, 0.5) is 13.2 Å². The molecule has 3 rings (SSSR count). The zero-order chi connectivity index (χ0) is 18.5. The molecule has 0 aliphatic carbocycles. The summed E-state index contributed by atoms with van der Waals surface area (Å²) in [7, 11) is 1.71. The average molecular weight is 349 g/mol. The molecule has 0 spiro atoms. The number of fused-ring (bicyclic) bond motifs is 1. The highest BCUT2D eigenvalue weighted by molar-refractivity contribution is 6.00. The number of aromatic nitrogens is 1. The van der Waals surface area contributed by atoms with Gasteiger partial charge in [-0.25, -0.2) is 4.79 Å². The van der Waals surface area contributed by atoms with Crippen LogP contribution in [-0.4, -0.2) is 20.7 Å². The highest BCUT2D eigenvalue weighted by Gasteiger charge is 2.30. The lowest BCUT2D eigenvalue weighted by atomic mass is 10.0. The highest BCUT2D eigenvalue weighted by Crippen LogP contribution is 2.37. The van der Waals surface area contributed by atoms with Gasteiger partial charge in [0.25, 0.3) is 0 Å². The third-order valence-corrected chi connectivity index (χ3v) is 4.29. The van der Waals surface area contributed by atoms with Gasteiger partial charge in [0.1, 0.15) is 11.3 Å². The Morgan fingerprint density at radius 2 is 1.72 bits per heavy atom. The van der Waals surface area contributed by atoms with Gasteiger partial charge in [-0.05, 0) is 36.2 Å². The number of aromatic hydroxyl groups is 1. The van der Waals surface area contributed by atoms with Crippen molar-refractivity contribution < 1.29 is 28.2 Å². The maximum atomic E-state index is 12.7. The fourth-order valence-electron chi connectivity index (χ4n) is 3.05. The van der Waals surface area contributed by atoms with E-state index in [1.54, 1.807) is 18.5 Å². The number of hydrogen-bond donors (Lipinski definition) is 2. The number of benzene rings is 2. The number of halogens is 3. The summed E-state index contributed by atoms with van der Waals surface area (Å²) >= 11 is 0. The summed E-state index contributed by atoms with van der Waals surface area (Å²) in [6.07, 6.45) is -4.41. The lowest BCUT2D eigenvalue weighted by Crippen LogP contribution is -2.04. The molecule has 2 N–H and O–H groups in total. The van der Waals surface area contributed by atoms with Gasteiger partial charge >= 0.3 is 12.1 Å². The van der Waals surface area contributed by atoms with Gasteiger partial charge in [0.15, 0.2) is 0 Å². The Labute approximate surface area is 140 Å². The van der Waals surface area contributed by atoms with Gasteiger partial charge < -0.3 is 14.8 Å². The lowest BCUT2D eigenvalue weighted by molar-refractivity contribution is -0.137. The van der Waals surface area contributed by atoms with Crippen molar-refractivity contribution in [3.05, 3.63) is 53.1 Å². The molecule has 1 aromatic heterocycles. The molecule has 0 bridgehead atoms. The molecule has 0 unspecified atom stereocenters. The van der Waals surface area contributed by atoms with Crippen LogP contribution in [0.1, 0.15) is 21.5 Å². The van der Waals surface area contributed by atoms with Crippen LogP contribution in [0.5, 0.6) is 5.75 Å². The Morgan fingerprint density at radius 1 is 1.12 bits per heavy atom. The maximum Gasteiger partial charge on any atom is 0.416 e. The molecule has 0 atom stereocenters. The van der Waals surface area contributed by atoms with Gasteiger partial charge in [0.2, 0.25) is 0 Å². The molecule has 0 saturated heterocycles. The Balaban J connectivity index is 2.22. The van der Waals surface area contributed by atoms with Gasteiger partial charge in [0.05, 0.1) is 16.8 Å². The summed E-state index contributed by atoms with van der Waals surface area (Å²) in [4.78, 5) is 11.2. The first-order valence-electron chi connectivity index (χ1n) is 7.34. The first-order chi connectivity index (χ1) is 11.6. The first-order valence-corrected chi connectivity index (χ1v) is 7.34. The zero-order valence-corrected chi connectivity index (χ0v) is 13.3. The number of carboxylic acids is 1. The molecule has 2 aromatic carbocycles. The largest absolute Gasteiger partial charge is 0.507 e. The van der Waals surface area contributed by atoms with E-state index in [4.69, 9.17) is 5.11 Å². The first kappa shape index (κ1) is 16.9. The van der Waals surface area contributed by atoms with Crippen LogP contribution in [0, 0.1) is 6.92 Å². The van der Waals surface area contributed by atoms with E-state index in [0.717, 1.165) is 17.7 Å². The second-order valence-corrected chi connectivity index (χ2v) is 5.80. The van der Waals surface area contributed by atoms with Crippen LogP contribution in [0.2, 0.25) is 0 Å². The van der Waals surface area contributed by atoms with E-state index in [2.05, 4.69) is 0 Å². The van der Waals surface area contributed by atoms with E-state index < -0.39 is 17.7 Å². The molecule has 1 heterocycles. The molecule has 0 radical (unpaired) electrons. The van der Waals surface area contributed by atoms with Crippen molar-refractivity contribution in [1.29, 1.82) is 0 Å². The van der Waals surface area contributed by atoms with E-state index in [1.165, 1.54) is 24.3 Å². The Bertz CT molecular complexity index is 986. The third-order valence-electron chi connectivity index (χ3n) is 4.29. The molecule has 130 valence electrons. The molecule has 25 heavy (non-hydrogen) atoms. The van der Waals surface area contributed by atoms with Crippen molar-refractivity contribution in [1.82, 2.24) is 4.57 Å². The minimum atomic E-state index is -4.41. The Morgan fingerprint density at radius 3 is 2.24 bits per heavy atom. The second-order valence-electron chi connectivity index (χ2n) is 5.80. The standard InChI is InChI=1S/C18H14F3NO3/c1-9-12-7-13(17(24)25)15(23)8-14(12)22(2)16(9)10-3-5-11(6-4-10)18(19,20)21/h3-8,23H,1-2H3,(H,24,25). The minimum absolute atomic E-state index is 0.222. The second kappa shape index (κ2) is 5.54. The fourth-order valence-corrected chi connectivity index (χ4v) is 3.05. The van der Waals surface area contributed by atoms with Crippen molar-refractivity contribution >= 4 is 16.9 Å². The minimum Gasteiger partial charge on any atom is -0.507 e. The van der Waals surface area contributed by atoms with E-state index in [-0.39, 0.29) is 11.3 Å². The quantitative estimate of drug-likeness (QED) is 0.712. The van der Waals surface area contributed by atoms with Crippen molar-refractivity contribution in [3.8, 4) is 17.0 Å². The van der Waals surface area contributed by atoms with Crippen LogP contribution >= 0.6 is 0 Å². The maximum absolute atomic E-state index is 12.7. The predicted octanol–water partition coefficient (Wildman–Crippen LogP) is 4.58. The number of phenols is 1. The van der Waals surface area contributed by atoms with Crippen LogP contribution in [0.25, 0.3) is 22.2 Å². The molecule has 0 aliphatic rings. The summed E-state index contributed by atoms with van der Waals surface area (Å²) in [5.74, 6) is -1.61. The summed E-state index contributed by atoms with van der Waals surface area (Å²) in [5.41, 5.74) is 1.58. The molecule has 4 nitrogen and oxygen atoms in total. The SMILES string of the molecule is Cc1c(-c2ccc(C(F)(F)F)cc2)n(C)c2cc(O)c(C(=O)O)cc12. The number of aryl methyl sites for hydroxylation is 2. The number of carboxylic acid groups (broad SMARTS) is 1. The summed E-state index contributed by atoms with van der Waals surface area (Å²) < 4.78 is 39.9. The normalized spacial score (nSPS) is 11.9. The Kier molecular flexibility index (Phi) is 3.74. The monoisotopic (exact) mass is 349 g/mol. The molecule has 3 aromatic rings. The number of carbonyl (C=O) groups is 1. The average Bonchev–Trinajstić information content (AvgIpc) is 2.76. The molecular formula is C18H14F3NO3. The lowest BCUT2D eigenvalue weighted by Gasteiger charge is -2.09. The van der Waals surface area contributed by atoms with E-state index >= 15 is 0 Å². The van der Waals surface area contributed by atoms with Crippen molar-refractivity contribution in [2.45, 2.75) is 13.1 Å². The molecule has 0 amide bonds. The zero-order valence-electron chi connectivity index (χ0n) is 13.3. The van der Waals surface area contributed by atoms with Crippen molar-refractivity contribution in [2.24, 2.45) is 7.05 Å². The highest BCUT2D eigenvalue weighted by atomic mass is 19.4. The predicted molar refractivity (Wildman–Crippen MR) is 86.7 cm³/mol. The third kappa shape index (κ3) is 2.71. The molecule has 0 aliphatic heterocycles. The van der Waals surface area contributed by atoms with E-state index in [9.17, 15) is 23.1 Å². The van der Waals surface area contributed by atoms with Gasteiger partial charge in [0, 0.05) is 18.5 Å². The van der Waals surface area contributed by atoms with E-state index in [1.807, 2.05) is 0 Å². The number of rotatable bonds is 2. The fraction of sp³-hybridized carbons (Fsp3) is 0.167. The topological polar surface area (TPSA) is 62.5 Å². The van der Waals surface area contributed by atoms with Gasteiger partial charge in [-0.1, -0.05) is 12.1 Å². The molecule has 0 saturated carbocycles. The smallest absolute Gasteiger partial charge is 0.416 e. The van der Waals surface area contributed by atoms with Gasteiger partial charge in [-0.3, -0.25) is 0 Å². The van der Waals surface area contributed by atoms with E-state index in [0.29, 0.717) is 22.2 Å². The van der Waals surface area contributed by atoms with Crippen molar-refractivity contribution in [2.75, 3.05) is 0 Å².